The summed E-state index contributed by atoms with van der Waals surface area (Å²) in [4.78, 5) is 42.7. The minimum Gasteiger partial charge on any atom is -0.465 e. The number of ether oxygens (including phenoxy) is 1. The number of sulfone groups is 1. The smallest absolute Gasteiger partial charge is 0.341 e. The SMILES string of the molecule is CCn1c(=NC(=O)CS(=O)(=O)CC(=O)Nc2sc3c(c2C(=O)OC)CCC3)sc2cc(C)ccc21. The Labute approximate surface area is 210 Å². The number of benzene rings is 1. The number of thiazole rings is 1. The normalized spacial score (nSPS) is 13.7. The topological polar surface area (TPSA) is 124 Å². The zero-order chi connectivity index (χ0) is 25.3. The van der Waals surface area contributed by atoms with Crippen molar-refractivity contribution in [1.82, 2.24) is 4.57 Å². The van der Waals surface area contributed by atoms with Crippen LogP contribution in [0, 0.1) is 6.92 Å². The summed E-state index contributed by atoms with van der Waals surface area (Å²) >= 11 is 2.56. The van der Waals surface area contributed by atoms with Gasteiger partial charge in [0, 0.05) is 11.4 Å². The number of esters is 1. The van der Waals surface area contributed by atoms with Crippen LogP contribution in [0.3, 0.4) is 0 Å². The van der Waals surface area contributed by atoms with Crippen LogP contribution in [0.15, 0.2) is 23.2 Å². The highest BCUT2D eigenvalue weighted by Gasteiger charge is 2.29. The molecule has 0 saturated carbocycles. The summed E-state index contributed by atoms with van der Waals surface area (Å²) in [5.74, 6) is -4.00. The second-order valence-electron chi connectivity index (χ2n) is 8.24. The number of anilines is 1. The number of hydrogen-bond donors (Lipinski definition) is 1. The largest absolute Gasteiger partial charge is 0.465 e. The molecule has 1 aliphatic rings. The van der Waals surface area contributed by atoms with Crippen LogP contribution in [0.4, 0.5) is 5.00 Å². The molecule has 2 aromatic heterocycles. The first-order valence-electron chi connectivity index (χ1n) is 11.0. The second-order valence-corrected chi connectivity index (χ2v) is 12.4. The quantitative estimate of drug-likeness (QED) is 0.464. The van der Waals surface area contributed by atoms with Crippen LogP contribution in [0.1, 0.15) is 39.7 Å². The molecule has 2 amide bonds. The molecule has 0 bridgehead atoms. The van der Waals surface area contributed by atoms with Crippen LogP contribution in [-0.2, 0) is 43.5 Å². The summed E-state index contributed by atoms with van der Waals surface area (Å²) in [6, 6.07) is 5.89. The maximum Gasteiger partial charge on any atom is 0.341 e. The van der Waals surface area contributed by atoms with Crippen molar-refractivity contribution in [3.8, 4) is 0 Å². The monoisotopic (exact) mass is 535 g/mol. The Morgan fingerprint density at radius 1 is 1.17 bits per heavy atom. The van der Waals surface area contributed by atoms with Crippen molar-refractivity contribution >= 4 is 65.5 Å². The lowest BCUT2D eigenvalue weighted by molar-refractivity contribution is -0.115. The fourth-order valence-electron chi connectivity index (χ4n) is 4.12. The summed E-state index contributed by atoms with van der Waals surface area (Å²) in [5.41, 5.74) is 3.11. The number of nitrogens with zero attached hydrogens (tertiary/aromatic N) is 2. The van der Waals surface area contributed by atoms with E-state index in [0.717, 1.165) is 39.1 Å². The summed E-state index contributed by atoms with van der Waals surface area (Å²) in [7, 11) is -2.83. The summed E-state index contributed by atoms with van der Waals surface area (Å²) < 4.78 is 32.8. The number of fused-ring (bicyclic) bond motifs is 2. The van der Waals surface area contributed by atoms with Crippen LogP contribution < -0.4 is 10.1 Å². The van der Waals surface area contributed by atoms with Gasteiger partial charge in [-0.25, -0.2) is 13.2 Å². The molecule has 0 saturated heterocycles. The zero-order valence-electron chi connectivity index (χ0n) is 19.5. The van der Waals surface area contributed by atoms with Crippen LogP contribution in [0.2, 0.25) is 0 Å². The predicted octanol–water partition coefficient (Wildman–Crippen LogP) is 2.85. The van der Waals surface area contributed by atoms with Crippen molar-refractivity contribution in [3.63, 3.8) is 0 Å². The van der Waals surface area contributed by atoms with Gasteiger partial charge in [-0.15, -0.1) is 11.3 Å². The van der Waals surface area contributed by atoms with Gasteiger partial charge in [-0.3, -0.25) is 9.59 Å². The number of amides is 2. The Morgan fingerprint density at radius 3 is 2.66 bits per heavy atom. The number of hydrogen-bond acceptors (Lipinski definition) is 8. The molecule has 12 heteroatoms. The van der Waals surface area contributed by atoms with E-state index in [1.807, 2.05) is 36.6 Å². The molecule has 9 nitrogen and oxygen atoms in total. The Bertz CT molecular complexity index is 1510. The van der Waals surface area contributed by atoms with Crippen LogP contribution >= 0.6 is 22.7 Å². The van der Waals surface area contributed by atoms with E-state index in [0.29, 0.717) is 17.8 Å². The number of rotatable bonds is 7. The van der Waals surface area contributed by atoms with E-state index in [9.17, 15) is 22.8 Å². The molecule has 0 radical (unpaired) electrons. The van der Waals surface area contributed by atoms with Crippen LogP contribution in [0.5, 0.6) is 0 Å². The fourth-order valence-corrected chi connectivity index (χ4v) is 7.64. The highest BCUT2D eigenvalue weighted by Crippen LogP contribution is 2.39. The lowest BCUT2D eigenvalue weighted by atomic mass is 10.1. The Hall–Kier alpha value is -2.83. The van der Waals surface area contributed by atoms with Crippen molar-refractivity contribution in [2.24, 2.45) is 4.99 Å². The second kappa shape index (κ2) is 10.0. The maximum absolute atomic E-state index is 12.6. The number of aryl methyl sites for hydroxylation is 3. The first-order chi connectivity index (χ1) is 16.6. The average molecular weight is 536 g/mol. The Kier molecular flexibility index (Phi) is 7.25. The van der Waals surface area contributed by atoms with E-state index in [1.54, 1.807) is 0 Å². The van der Waals surface area contributed by atoms with Crippen molar-refractivity contribution in [2.45, 2.75) is 39.7 Å². The van der Waals surface area contributed by atoms with Gasteiger partial charge in [-0.05, 0) is 56.4 Å². The lowest BCUT2D eigenvalue weighted by Crippen LogP contribution is -2.28. The average Bonchev–Trinajstić information content (AvgIpc) is 3.44. The molecule has 0 unspecified atom stereocenters. The van der Waals surface area contributed by atoms with Crippen molar-refractivity contribution in [3.05, 3.63) is 44.6 Å². The van der Waals surface area contributed by atoms with Crippen LogP contribution in [-0.4, -0.2) is 49.4 Å². The van der Waals surface area contributed by atoms with Gasteiger partial charge in [0.1, 0.15) is 16.5 Å². The molecule has 35 heavy (non-hydrogen) atoms. The standard InChI is InChI=1S/C23H25N3O6S3/c1-4-26-15-9-8-13(2)10-17(15)34-23(26)25-19(28)12-35(30,31)11-18(27)24-21-20(22(29)32-3)14-6-5-7-16(14)33-21/h8-10H,4-7,11-12H2,1-3H3,(H,24,27). The van der Waals surface area contributed by atoms with Crippen molar-refractivity contribution < 1.29 is 27.5 Å². The molecule has 4 rings (SSSR count). The highest BCUT2D eigenvalue weighted by atomic mass is 32.2. The highest BCUT2D eigenvalue weighted by molar-refractivity contribution is 7.92. The van der Waals surface area contributed by atoms with Gasteiger partial charge < -0.3 is 14.6 Å². The molecule has 0 aliphatic heterocycles. The van der Waals surface area contributed by atoms with E-state index in [1.165, 1.54) is 29.8 Å². The predicted molar refractivity (Wildman–Crippen MR) is 136 cm³/mol. The van der Waals surface area contributed by atoms with Gasteiger partial charge in [-0.2, -0.15) is 4.99 Å². The fraction of sp³-hybridized carbons (Fsp3) is 0.391. The first-order valence-corrected chi connectivity index (χ1v) is 14.5. The van der Waals surface area contributed by atoms with Gasteiger partial charge in [0.2, 0.25) is 5.91 Å². The van der Waals surface area contributed by atoms with Gasteiger partial charge in [0.15, 0.2) is 14.6 Å². The summed E-state index contributed by atoms with van der Waals surface area (Å²) in [6.07, 6.45) is 2.41. The van der Waals surface area contributed by atoms with E-state index < -0.39 is 39.1 Å². The van der Waals surface area contributed by atoms with Gasteiger partial charge in [0.05, 0.1) is 22.9 Å². The molecule has 2 heterocycles. The molecule has 1 N–H and O–H groups in total. The summed E-state index contributed by atoms with van der Waals surface area (Å²) in [5, 5.41) is 2.81. The molecule has 1 aromatic carbocycles. The molecule has 0 fully saturated rings. The zero-order valence-corrected chi connectivity index (χ0v) is 22.0. The minimum absolute atomic E-state index is 0.280. The third-order valence-electron chi connectivity index (χ3n) is 5.63. The van der Waals surface area contributed by atoms with Crippen molar-refractivity contribution in [1.29, 1.82) is 0 Å². The minimum atomic E-state index is -4.08. The third kappa shape index (κ3) is 5.39. The Morgan fingerprint density at radius 2 is 1.94 bits per heavy atom. The summed E-state index contributed by atoms with van der Waals surface area (Å²) in [6.45, 7) is 4.45. The molecular weight excluding hydrogens is 510 g/mol. The molecule has 1 aliphatic carbocycles. The van der Waals surface area contributed by atoms with Gasteiger partial charge in [-0.1, -0.05) is 17.4 Å². The molecule has 3 aromatic rings. The molecule has 0 spiro atoms. The van der Waals surface area contributed by atoms with Crippen LogP contribution in [0.25, 0.3) is 10.2 Å². The number of carbonyl (C=O) groups is 3. The van der Waals surface area contributed by atoms with Crippen molar-refractivity contribution in [2.75, 3.05) is 23.9 Å². The number of nitrogens with one attached hydrogen (secondary N) is 1. The first kappa shape index (κ1) is 25.3. The Balaban J connectivity index is 1.49. The third-order valence-corrected chi connectivity index (χ3v) is 9.27. The van der Waals surface area contributed by atoms with E-state index >= 15 is 0 Å². The van der Waals surface area contributed by atoms with Gasteiger partial charge >= 0.3 is 5.97 Å². The van der Waals surface area contributed by atoms with E-state index in [4.69, 9.17) is 4.74 Å². The molecule has 0 atom stereocenters. The molecule has 186 valence electrons. The number of thiophene rings is 1. The maximum atomic E-state index is 12.6. The molecular formula is C23H25N3O6S3. The van der Waals surface area contributed by atoms with Gasteiger partial charge in [0.25, 0.3) is 5.91 Å². The number of aromatic nitrogens is 1. The van der Waals surface area contributed by atoms with E-state index in [2.05, 4.69) is 10.3 Å². The lowest BCUT2D eigenvalue weighted by Gasteiger charge is -2.07. The van der Waals surface area contributed by atoms with E-state index in [-0.39, 0.29) is 10.6 Å². The number of carbonyl (C=O) groups excluding carboxylic acids is 3. The number of methoxy groups -OCH3 is 1.